The first kappa shape index (κ1) is 13.3. The van der Waals surface area contributed by atoms with Crippen LogP contribution in [-0.4, -0.2) is 34.1 Å². The van der Waals surface area contributed by atoms with E-state index in [1.807, 2.05) is 0 Å². The highest BCUT2D eigenvalue weighted by molar-refractivity contribution is 7.87. The molecule has 0 fully saturated rings. The molecule has 0 aliphatic carbocycles. The van der Waals surface area contributed by atoms with E-state index in [0.29, 0.717) is 0 Å². The SMILES string of the molecule is COC(=O)CCNS(=O)(=O)NC(C)C. The maximum absolute atomic E-state index is 11.1. The Hall–Kier alpha value is -0.660. The molecule has 0 bridgehead atoms. The number of carbonyl (C=O) groups is 1. The maximum atomic E-state index is 11.1. The van der Waals surface area contributed by atoms with Gasteiger partial charge < -0.3 is 4.74 Å². The number of rotatable bonds is 6. The zero-order valence-electron chi connectivity index (χ0n) is 8.53. The molecule has 0 aliphatic heterocycles. The van der Waals surface area contributed by atoms with Crippen molar-refractivity contribution in [3.05, 3.63) is 0 Å². The molecule has 0 aromatic carbocycles. The second-order valence-corrected chi connectivity index (χ2v) is 4.53. The zero-order valence-corrected chi connectivity index (χ0v) is 9.35. The number of methoxy groups -OCH3 is 1. The highest BCUT2D eigenvalue weighted by atomic mass is 32.2. The lowest BCUT2D eigenvalue weighted by molar-refractivity contribution is -0.140. The van der Waals surface area contributed by atoms with Crippen LogP contribution in [-0.2, 0) is 19.7 Å². The fourth-order valence-electron chi connectivity index (χ4n) is 0.741. The first-order valence-corrected chi connectivity index (χ1v) is 5.69. The lowest BCUT2D eigenvalue weighted by Crippen LogP contribution is -2.41. The Labute approximate surface area is 84.2 Å². The predicted molar refractivity (Wildman–Crippen MR) is 51.8 cm³/mol. The molecule has 14 heavy (non-hydrogen) atoms. The number of nitrogens with one attached hydrogen (secondary N) is 2. The van der Waals surface area contributed by atoms with Gasteiger partial charge in [0.25, 0.3) is 10.2 Å². The van der Waals surface area contributed by atoms with Crippen LogP contribution in [0.4, 0.5) is 0 Å². The zero-order chi connectivity index (χ0) is 11.2. The molecule has 0 aromatic rings. The minimum absolute atomic E-state index is 0.0233. The Bertz CT molecular complexity index is 273. The Morgan fingerprint density at radius 2 is 2.00 bits per heavy atom. The molecular formula is C7H16N2O4S. The first-order chi connectivity index (χ1) is 6.37. The van der Waals surface area contributed by atoms with Crippen molar-refractivity contribution in [1.82, 2.24) is 9.44 Å². The monoisotopic (exact) mass is 224 g/mol. The van der Waals surface area contributed by atoms with E-state index in [0.717, 1.165) is 0 Å². The Morgan fingerprint density at radius 1 is 1.43 bits per heavy atom. The van der Waals surface area contributed by atoms with E-state index in [2.05, 4.69) is 14.2 Å². The molecule has 0 heterocycles. The predicted octanol–water partition coefficient (Wildman–Crippen LogP) is -0.618. The van der Waals surface area contributed by atoms with Gasteiger partial charge in [0, 0.05) is 12.6 Å². The van der Waals surface area contributed by atoms with Crippen LogP contribution < -0.4 is 9.44 Å². The van der Waals surface area contributed by atoms with Crippen molar-refractivity contribution in [1.29, 1.82) is 0 Å². The largest absolute Gasteiger partial charge is 0.469 e. The van der Waals surface area contributed by atoms with Crippen molar-refractivity contribution >= 4 is 16.2 Å². The summed E-state index contributed by atoms with van der Waals surface area (Å²) >= 11 is 0. The first-order valence-electron chi connectivity index (χ1n) is 4.21. The molecule has 0 atom stereocenters. The topological polar surface area (TPSA) is 84.5 Å². The lowest BCUT2D eigenvalue weighted by Gasteiger charge is -2.09. The summed E-state index contributed by atoms with van der Waals surface area (Å²) in [6.07, 6.45) is 0.0233. The third-order valence-electron chi connectivity index (χ3n) is 1.24. The van der Waals surface area contributed by atoms with Gasteiger partial charge in [0.2, 0.25) is 0 Å². The van der Waals surface area contributed by atoms with E-state index in [-0.39, 0.29) is 19.0 Å². The molecule has 2 N–H and O–H groups in total. The van der Waals surface area contributed by atoms with E-state index in [1.165, 1.54) is 7.11 Å². The van der Waals surface area contributed by atoms with Crippen molar-refractivity contribution in [2.24, 2.45) is 0 Å². The summed E-state index contributed by atoms with van der Waals surface area (Å²) in [6.45, 7) is 3.45. The van der Waals surface area contributed by atoms with Crippen LogP contribution >= 0.6 is 0 Å². The quantitative estimate of drug-likeness (QED) is 0.589. The van der Waals surface area contributed by atoms with Gasteiger partial charge in [0.1, 0.15) is 0 Å². The summed E-state index contributed by atoms with van der Waals surface area (Å²) in [6, 6.07) is -0.175. The van der Waals surface area contributed by atoms with Crippen molar-refractivity contribution in [2.45, 2.75) is 26.3 Å². The van der Waals surface area contributed by atoms with Crippen molar-refractivity contribution < 1.29 is 17.9 Å². The average Bonchev–Trinajstić information content (AvgIpc) is 2.01. The van der Waals surface area contributed by atoms with Gasteiger partial charge in [-0.05, 0) is 13.8 Å². The van der Waals surface area contributed by atoms with Crippen molar-refractivity contribution in [3.63, 3.8) is 0 Å². The maximum Gasteiger partial charge on any atom is 0.306 e. The number of hydrogen-bond donors (Lipinski definition) is 2. The van der Waals surface area contributed by atoms with E-state index in [4.69, 9.17) is 0 Å². The molecule has 0 aromatic heterocycles. The third kappa shape index (κ3) is 6.81. The van der Waals surface area contributed by atoms with E-state index >= 15 is 0 Å². The molecule has 0 spiro atoms. The van der Waals surface area contributed by atoms with E-state index in [1.54, 1.807) is 13.8 Å². The molecular weight excluding hydrogens is 208 g/mol. The van der Waals surface area contributed by atoms with Crippen LogP contribution in [0.25, 0.3) is 0 Å². The van der Waals surface area contributed by atoms with Crippen LogP contribution in [0.15, 0.2) is 0 Å². The molecule has 0 saturated heterocycles. The van der Waals surface area contributed by atoms with Gasteiger partial charge in [-0.25, -0.2) is 4.72 Å². The minimum Gasteiger partial charge on any atom is -0.469 e. The van der Waals surface area contributed by atoms with Crippen LogP contribution in [0.3, 0.4) is 0 Å². The van der Waals surface area contributed by atoms with Crippen LogP contribution in [0, 0.1) is 0 Å². The van der Waals surface area contributed by atoms with Crippen LogP contribution in [0.2, 0.25) is 0 Å². The van der Waals surface area contributed by atoms with Gasteiger partial charge in [0.15, 0.2) is 0 Å². The highest BCUT2D eigenvalue weighted by Crippen LogP contribution is 1.86. The van der Waals surface area contributed by atoms with Crippen molar-refractivity contribution in [2.75, 3.05) is 13.7 Å². The van der Waals surface area contributed by atoms with Gasteiger partial charge >= 0.3 is 5.97 Å². The van der Waals surface area contributed by atoms with Gasteiger partial charge in [-0.15, -0.1) is 0 Å². The summed E-state index contributed by atoms with van der Waals surface area (Å²) in [5, 5.41) is 0. The number of ether oxygens (including phenoxy) is 1. The minimum atomic E-state index is -3.49. The Morgan fingerprint density at radius 3 is 2.43 bits per heavy atom. The molecule has 0 saturated carbocycles. The van der Waals surface area contributed by atoms with E-state index in [9.17, 15) is 13.2 Å². The molecule has 6 nitrogen and oxygen atoms in total. The highest BCUT2D eigenvalue weighted by Gasteiger charge is 2.11. The molecule has 84 valence electrons. The molecule has 0 aliphatic rings. The normalized spacial score (nSPS) is 11.7. The van der Waals surface area contributed by atoms with Crippen molar-refractivity contribution in [3.8, 4) is 0 Å². The Kier molecular flexibility index (Phi) is 5.66. The number of hydrogen-bond acceptors (Lipinski definition) is 4. The second-order valence-electron chi connectivity index (χ2n) is 3.00. The lowest BCUT2D eigenvalue weighted by atomic mass is 10.4. The summed E-state index contributed by atoms with van der Waals surface area (Å²) < 4.78 is 31.2. The average molecular weight is 224 g/mol. The smallest absolute Gasteiger partial charge is 0.306 e. The summed E-state index contributed by atoms with van der Waals surface area (Å²) in [7, 11) is -2.24. The van der Waals surface area contributed by atoms with Gasteiger partial charge in [-0.3, -0.25) is 4.79 Å². The number of carbonyl (C=O) groups excluding carboxylic acids is 1. The van der Waals surface area contributed by atoms with E-state index < -0.39 is 16.2 Å². The Balaban J connectivity index is 3.83. The number of esters is 1. The van der Waals surface area contributed by atoms with Gasteiger partial charge in [-0.2, -0.15) is 13.1 Å². The molecule has 0 radical (unpaired) electrons. The summed E-state index contributed by atoms with van der Waals surface area (Å²) in [4.78, 5) is 10.6. The summed E-state index contributed by atoms with van der Waals surface area (Å²) in [5.74, 6) is -0.447. The standard InChI is InChI=1S/C7H16N2O4S/c1-6(2)9-14(11,12)8-5-4-7(10)13-3/h6,8-9H,4-5H2,1-3H3. The summed E-state index contributed by atoms with van der Waals surface area (Å²) in [5.41, 5.74) is 0. The fraction of sp³-hybridized carbons (Fsp3) is 0.857. The van der Waals surface area contributed by atoms with Crippen LogP contribution in [0.5, 0.6) is 0 Å². The van der Waals surface area contributed by atoms with Gasteiger partial charge in [-0.1, -0.05) is 0 Å². The molecule has 0 rings (SSSR count). The molecule has 0 unspecified atom stereocenters. The fourth-order valence-corrected chi connectivity index (χ4v) is 1.82. The molecule has 0 amide bonds. The van der Waals surface area contributed by atoms with Crippen LogP contribution in [0.1, 0.15) is 20.3 Å². The van der Waals surface area contributed by atoms with Gasteiger partial charge in [0.05, 0.1) is 13.5 Å². The molecule has 7 heteroatoms. The third-order valence-corrected chi connectivity index (χ3v) is 2.61. The second kappa shape index (κ2) is 5.94.